The second kappa shape index (κ2) is 6.68. The molecule has 0 saturated carbocycles. The molecular formula is C19H27N3O3. The fraction of sp³-hybridized carbons (Fsp3) is 0.632. The van der Waals surface area contributed by atoms with Crippen molar-refractivity contribution in [3.8, 4) is 0 Å². The summed E-state index contributed by atoms with van der Waals surface area (Å²) in [6, 6.07) is 10.8. The Kier molecular flexibility index (Phi) is 4.54. The third-order valence-electron chi connectivity index (χ3n) is 5.89. The predicted octanol–water partition coefficient (Wildman–Crippen LogP) is -0.0992. The molecule has 0 bridgehead atoms. The van der Waals surface area contributed by atoms with Crippen LogP contribution in [0.2, 0.25) is 0 Å². The van der Waals surface area contributed by atoms with Crippen LogP contribution in [-0.4, -0.2) is 87.8 Å². The summed E-state index contributed by atoms with van der Waals surface area (Å²) in [6.45, 7) is 4.85. The van der Waals surface area contributed by atoms with Gasteiger partial charge < -0.3 is 15.1 Å². The first-order valence-electron chi connectivity index (χ1n) is 9.19. The Bertz CT molecular complexity index is 618. The predicted molar refractivity (Wildman–Crippen MR) is 93.9 cm³/mol. The molecular weight excluding hydrogens is 318 g/mol. The lowest BCUT2D eigenvalue weighted by molar-refractivity contribution is -0.157. The summed E-state index contributed by atoms with van der Waals surface area (Å²) in [5.41, 5.74) is 1.26. The number of aliphatic hydroxyl groups is 2. The van der Waals surface area contributed by atoms with Crippen LogP contribution in [0, 0.1) is 0 Å². The summed E-state index contributed by atoms with van der Waals surface area (Å²) in [5, 5.41) is 19.2. The molecule has 25 heavy (non-hydrogen) atoms. The van der Waals surface area contributed by atoms with Crippen LogP contribution in [0.5, 0.6) is 0 Å². The summed E-state index contributed by atoms with van der Waals surface area (Å²) in [6.07, 6.45) is 0.758. The minimum atomic E-state index is -0.263. The molecule has 0 radical (unpaired) electrons. The van der Waals surface area contributed by atoms with Gasteiger partial charge in [-0.2, -0.15) is 0 Å². The number of β-amino-alcohol motifs (C(OH)–C–C–N with tert-alkyl or cyclic N) is 1. The van der Waals surface area contributed by atoms with Crippen molar-refractivity contribution < 1.29 is 15.0 Å². The van der Waals surface area contributed by atoms with Gasteiger partial charge in [0.25, 0.3) is 0 Å². The first kappa shape index (κ1) is 17.0. The first-order chi connectivity index (χ1) is 12.1. The zero-order valence-electron chi connectivity index (χ0n) is 14.5. The number of nitrogens with zero attached hydrogens (tertiary/aromatic N) is 3. The van der Waals surface area contributed by atoms with E-state index in [1.165, 1.54) is 5.56 Å². The van der Waals surface area contributed by atoms with Crippen molar-refractivity contribution in [3.63, 3.8) is 0 Å². The van der Waals surface area contributed by atoms with Crippen molar-refractivity contribution in [2.75, 3.05) is 39.3 Å². The number of likely N-dealkylation sites (tertiary alicyclic amines) is 1. The normalized spacial score (nSPS) is 28.8. The van der Waals surface area contributed by atoms with Crippen LogP contribution in [0.1, 0.15) is 18.4 Å². The van der Waals surface area contributed by atoms with E-state index in [9.17, 15) is 9.90 Å². The minimum Gasteiger partial charge on any atom is -0.396 e. The molecule has 0 aromatic heterocycles. The molecule has 3 aliphatic heterocycles. The number of aliphatic hydroxyl groups excluding tert-OH is 2. The number of benzene rings is 1. The number of carbonyl (C=O) groups excluding carboxylic acids is 1. The number of hydrogen-bond donors (Lipinski definition) is 2. The zero-order valence-corrected chi connectivity index (χ0v) is 14.5. The Balaban J connectivity index is 1.48. The highest BCUT2D eigenvalue weighted by atomic mass is 16.3. The minimum absolute atomic E-state index is 0.0320. The van der Waals surface area contributed by atoms with Gasteiger partial charge in [-0.1, -0.05) is 30.3 Å². The van der Waals surface area contributed by atoms with E-state index in [1.807, 2.05) is 11.0 Å². The van der Waals surface area contributed by atoms with Gasteiger partial charge in [-0.05, 0) is 12.0 Å². The number of rotatable bonds is 4. The van der Waals surface area contributed by atoms with E-state index >= 15 is 0 Å². The van der Waals surface area contributed by atoms with E-state index in [0.717, 1.165) is 26.1 Å². The van der Waals surface area contributed by atoms with Crippen molar-refractivity contribution in [1.29, 1.82) is 0 Å². The van der Waals surface area contributed by atoms with E-state index in [4.69, 9.17) is 5.11 Å². The molecule has 3 saturated heterocycles. The van der Waals surface area contributed by atoms with Crippen molar-refractivity contribution in [3.05, 3.63) is 35.9 Å². The highest BCUT2D eigenvalue weighted by Gasteiger charge is 2.56. The molecule has 0 unspecified atom stereocenters. The van der Waals surface area contributed by atoms with E-state index in [2.05, 4.69) is 34.1 Å². The Morgan fingerprint density at radius 3 is 2.64 bits per heavy atom. The lowest BCUT2D eigenvalue weighted by Crippen LogP contribution is -2.78. The van der Waals surface area contributed by atoms with Crippen molar-refractivity contribution in [1.82, 2.24) is 14.7 Å². The summed E-state index contributed by atoms with van der Waals surface area (Å²) < 4.78 is 0. The standard InChI is InChI=1S/C19H27N3O3/c23-7-6-18(25)21-13-19(14-21)12-20(9-15-4-2-1-3-5-15)10-16-8-17(24)11-22(16)19/h1-5,16-17,23-24H,6-14H2/t16-,17+/m0/s1. The highest BCUT2D eigenvalue weighted by molar-refractivity contribution is 5.77. The molecule has 3 heterocycles. The molecule has 1 aromatic carbocycles. The van der Waals surface area contributed by atoms with Gasteiger partial charge in [-0.15, -0.1) is 0 Å². The molecule has 6 nitrogen and oxygen atoms in total. The summed E-state index contributed by atoms with van der Waals surface area (Å²) >= 11 is 0. The summed E-state index contributed by atoms with van der Waals surface area (Å²) in [5.74, 6) is 0.0320. The maximum Gasteiger partial charge on any atom is 0.225 e. The molecule has 136 valence electrons. The van der Waals surface area contributed by atoms with Crippen molar-refractivity contribution in [2.24, 2.45) is 0 Å². The molecule has 3 aliphatic rings. The molecule has 4 rings (SSSR count). The zero-order chi connectivity index (χ0) is 17.4. The highest BCUT2D eigenvalue weighted by Crippen LogP contribution is 2.39. The van der Waals surface area contributed by atoms with Crippen LogP contribution in [-0.2, 0) is 11.3 Å². The Morgan fingerprint density at radius 1 is 1.16 bits per heavy atom. The summed E-state index contributed by atoms with van der Waals surface area (Å²) in [7, 11) is 0. The maximum absolute atomic E-state index is 12.1. The van der Waals surface area contributed by atoms with Gasteiger partial charge in [0.05, 0.1) is 18.2 Å². The van der Waals surface area contributed by atoms with Gasteiger partial charge in [0.1, 0.15) is 0 Å². The number of fused-ring (bicyclic) bond motifs is 2. The molecule has 2 atom stereocenters. The van der Waals surface area contributed by atoms with Crippen LogP contribution < -0.4 is 0 Å². The number of piperazine rings is 1. The van der Waals surface area contributed by atoms with Gasteiger partial charge in [0, 0.05) is 51.7 Å². The van der Waals surface area contributed by atoms with E-state index in [0.29, 0.717) is 25.7 Å². The molecule has 0 aliphatic carbocycles. The molecule has 6 heteroatoms. The van der Waals surface area contributed by atoms with Crippen molar-refractivity contribution in [2.45, 2.75) is 37.1 Å². The largest absolute Gasteiger partial charge is 0.396 e. The van der Waals surface area contributed by atoms with Crippen LogP contribution in [0.4, 0.5) is 0 Å². The first-order valence-corrected chi connectivity index (χ1v) is 9.19. The number of hydrogen-bond acceptors (Lipinski definition) is 5. The van der Waals surface area contributed by atoms with E-state index in [1.54, 1.807) is 0 Å². The van der Waals surface area contributed by atoms with Gasteiger partial charge in [0.2, 0.25) is 5.91 Å². The second-order valence-corrected chi connectivity index (χ2v) is 7.80. The quantitative estimate of drug-likeness (QED) is 0.798. The third kappa shape index (κ3) is 3.19. The average Bonchev–Trinajstić information content (AvgIpc) is 2.93. The second-order valence-electron chi connectivity index (χ2n) is 7.80. The average molecular weight is 345 g/mol. The Hall–Kier alpha value is -1.47. The number of carbonyl (C=O) groups is 1. The smallest absolute Gasteiger partial charge is 0.225 e. The molecule has 1 amide bonds. The number of amides is 1. The van der Waals surface area contributed by atoms with Gasteiger partial charge in [-0.25, -0.2) is 0 Å². The lowest BCUT2D eigenvalue weighted by Gasteiger charge is -2.61. The topological polar surface area (TPSA) is 67.2 Å². The van der Waals surface area contributed by atoms with Crippen molar-refractivity contribution >= 4 is 5.91 Å². The van der Waals surface area contributed by atoms with Crippen LogP contribution in [0.25, 0.3) is 0 Å². The molecule has 3 fully saturated rings. The van der Waals surface area contributed by atoms with E-state index < -0.39 is 0 Å². The fourth-order valence-corrected chi connectivity index (χ4v) is 4.85. The lowest BCUT2D eigenvalue weighted by atomic mass is 9.83. The third-order valence-corrected chi connectivity index (χ3v) is 5.89. The monoisotopic (exact) mass is 345 g/mol. The Labute approximate surface area is 148 Å². The van der Waals surface area contributed by atoms with Crippen LogP contribution >= 0.6 is 0 Å². The molecule has 2 N–H and O–H groups in total. The maximum atomic E-state index is 12.1. The van der Waals surface area contributed by atoms with Gasteiger partial charge in [0.15, 0.2) is 0 Å². The van der Waals surface area contributed by atoms with Crippen LogP contribution in [0.15, 0.2) is 30.3 Å². The summed E-state index contributed by atoms with van der Waals surface area (Å²) in [4.78, 5) is 18.8. The Morgan fingerprint density at radius 2 is 1.92 bits per heavy atom. The van der Waals surface area contributed by atoms with Crippen LogP contribution in [0.3, 0.4) is 0 Å². The van der Waals surface area contributed by atoms with E-state index in [-0.39, 0.29) is 30.6 Å². The van der Waals surface area contributed by atoms with Gasteiger partial charge in [-0.3, -0.25) is 14.6 Å². The van der Waals surface area contributed by atoms with Gasteiger partial charge >= 0.3 is 0 Å². The molecule has 1 spiro atoms. The fourth-order valence-electron chi connectivity index (χ4n) is 4.85. The SMILES string of the molecule is O=C(CCO)N1CC2(CN(Cc3ccccc3)C[C@@H]3C[C@@H](O)CN32)C1. The molecule has 1 aromatic rings.